The third-order valence-corrected chi connectivity index (χ3v) is 4.22. The molecule has 3 heteroatoms. The van der Waals surface area contributed by atoms with Crippen LogP contribution in [0.2, 0.25) is 0 Å². The summed E-state index contributed by atoms with van der Waals surface area (Å²) in [6.45, 7) is 3.94. The van der Waals surface area contributed by atoms with Gasteiger partial charge in [-0.2, -0.15) is 11.3 Å². The van der Waals surface area contributed by atoms with Crippen LogP contribution in [0.25, 0.3) is 0 Å². The van der Waals surface area contributed by atoms with Crippen LogP contribution in [-0.2, 0) is 6.42 Å². The van der Waals surface area contributed by atoms with Gasteiger partial charge in [0.2, 0.25) is 0 Å². The van der Waals surface area contributed by atoms with E-state index >= 15 is 0 Å². The normalized spacial score (nSPS) is 19.1. The topological polar surface area (TPSA) is 23.5 Å². The van der Waals surface area contributed by atoms with Crippen molar-refractivity contribution < 1.29 is 5.11 Å². The molecule has 0 spiro atoms. The molecule has 2 rings (SSSR count). The Kier molecular flexibility index (Phi) is 4.82. The van der Waals surface area contributed by atoms with Gasteiger partial charge >= 0.3 is 0 Å². The summed E-state index contributed by atoms with van der Waals surface area (Å²) in [4.78, 5) is 2.54. The van der Waals surface area contributed by atoms with E-state index in [1.54, 1.807) is 11.3 Å². The SMILES string of the molecule is OCC1CCN(CCCc2ccsc2)CC1. The maximum absolute atomic E-state index is 9.06. The second-order valence-electron chi connectivity index (χ2n) is 4.70. The molecule has 1 aromatic heterocycles. The molecule has 0 unspecified atom stereocenters. The van der Waals surface area contributed by atoms with Crippen LogP contribution in [0.3, 0.4) is 0 Å². The molecule has 0 amide bonds. The molecule has 1 N–H and O–H groups in total. The van der Waals surface area contributed by atoms with Crippen molar-refractivity contribution in [2.75, 3.05) is 26.2 Å². The Balaban J connectivity index is 1.60. The molecule has 0 saturated carbocycles. The third kappa shape index (κ3) is 3.58. The lowest BCUT2D eigenvalue weighted by atomic mass is 9.98. The van der Waals surface area contributed by atoms with Crippen LogP contribution < -0.4 is 0 Å². The number of aryl methyl sites for hydroxylation is 1. The van der Waals surface area contributed by atoms with Crippen LogP contribution in [0.1, 0.15) is 24.8 Å². The summed E-state index contributed by atoms with van der Waals surface area (Å²) in [5.74, 6) is 0.563. The average molecular weight is 239 g/mol. The maximum Gasteiger partial charge on any atom is 0.0460 e. The zero-order valence-corrected chi connectivity index (χ0v) is 10.6. The summed E-state index contributed by atoms with van der Waals surface area (Å²) in [6, 6.07) is 2.22. The van der Waals surface area contributed by atoms with Gasteiger partial charge in [-0.3, -0.25) is 0 Å². The van der Waals surface area contributed by atoms with Crippen molar-refractivity contribution in [2.24, 2.45) is 5.92 Å². The highest BCUT2D eigenvalue weighted by molar-refractivity contribution is 7.07. The van der Waals surface area contributed by atoms with E-state index in [2.05, 4.69) is 21.7 Å². The molecule has 0 atom stereocenters. The standard InChI is InChI=1S/C13H21NOS/c15-10-12-3-7-14(8-4-12)6-1-2-13-5-9-16-11-13/h5,9,11-12,15H,1-4,6-8,10H2. The number of likely N-dealkylation sites (tertiary alicyclic amines) is 1. The van der Waals surface area contributed by atoms with Gasteiger partial charge in [-0.05, 0) is 73.6 Å². The average Bonchev–Trinajstić information content (AvgIpc) is 2.83. The van der Waals surface area contributed by atoms with Crippen molar-refractivity contribution >= 4 is 11.3 Å². The Morgan fingerprint density at radius 1 is 1.38 bits per heavy atom. The maximum atomic E-state index is 9.06. The predicted octanol–water partition coefficient (Wildman–Crippen LogP) is 2.39. The van der Waals surface area contributed by atoms with E-state index in [-0.39, 0.29) is 0 Å². The van der Waals surface area contributed by atoms with Gasteiger partial charge in [-0.1, -0.05) is 0 Å². The fraction of sp³-hybridized carbons (Fsp3) is 0.692. The van der Waals surface area contributed by atoms with Gasteiger partial charge in [0.1, 0.15) is 0 Å². The molecular formula is C13H21NOS. The summed E-state index contributed by atoms with van der Waals surface area (Å²) in [5.41, 5.74) is 1.48. The molecule has 2 heterocycles. The minimum absolute atomic E-state index is 0.378. The molecule has 2 nitrogen and oxygen atoms in total. The Labute approximate surface area is 102 Å². The van der Waals surface area contributed by atoms with Crippen molar-refractivity contribution in [2.45, 2.75) is 25.7 Å². The second kappa shape index (κ2) is 6.38. The van der Waals surface area contributed by atoms with E-state index in [0.717, 1.165) is 0 Å². The Hall–Kier alpha value is -0.380. The van der Waals surface area contributed by atoms with Crippen LogP contribution in [0.4, 0.5) is 0 Å². The van der Waals surface area contributed by atoms with Gasteiger partial charge < -0.3 is 10.0 Å². The summed E-state index contributed by atoms with van der Waals surface area (Å²) in [6.07, 6.45) is 4.83. The predicted molar refractivity (Wildman–Crippen MR) is 68.9 cm³/mol. The number of rotatable bonds is 5. The number of hydrogen-bond acceptors (Lipinski definition) is 3. The molecule has 0 radical (unpaired) electrons. The van der Waals surface area contributed by atoms with Crippen LogP contribution in [0, 0.1) is 5.92 Å². The first-order valence-electron chi connectivity index (χ1n) is 6.23. The minimum Gasteiger partial charge on any atom is -0.396 e. The van der Waals surface area contributed by atoms with E-state index in [1.807, 2.05) is 0 Å². The lowest BCUT2D eigenvalue weighted by molar-refractivity contribution is 0.131. The van der Waals surface area contributed by atoms with E-state index in [9.17, 15) is 0 Å². The first kappa shape index (κ1) is 12.1. The fourth-order valence-electron chi connectivity index (χ4n) is 2.33. The van der Waals surface area contributed by atoms with Crippen LogP contribution in [0.15, 0.2) is 16.8 Å². The van der Waals surface area contributed by atoms with Gasteiger partial charge in [0.25, 0.3) is 0 Å². The summed E-state index contributed by atoms with van der Waals surface area (Å²) in [7, 11) is 0. The molecule has 1 aliphatic heterocycles. The molecule has 16 heavy (non-hydrogen) atoms. The number of piperidine rings is 1. The number of aliphatic hydroxyl groups excluding tert-OH is 1. The highest BCUT2D eigenvalue weighted by atomic mass is 32.1. The first-order valence-corrected chi connectivity index (χ1v) is 7.17. The van der Waals surface area contributed by atoms with Crippen LogP contribution in [-0.4, -0.2) is 36.2 Å². The Morgan fingerprint density at radius 2 is 2.19 bits per heavy atom. The highest BCUT2D eigenvalue weighted by Gasteiger charge is 2.17. The molecule has 0 aromatic carbocycles. The van der Waals surface area contributed by atoms with E-state index < -0.39 is 0 Å². The summed E-state index contributed by atoms with van der Waals surface area (Å²) in [5, 5.41) is 13.5. The van der Waals surface area contributed by atoms with Crippen molar-refractivity contribution in [3.8, 4) is 0 Å². The zero-order chi connectivity index (χ0) is 11.2. The van der Waals surface area contributed by atoms with E-state index in [1.165, 1.54) is 50.9 Å². The Morgan fingerprint density at radius 3 is 2.81 bits per heavy atom. The molecule has 0 bridgehead atoms. The summed E-state index contributed by atoms with van der Waals surface area (Å²) >= 11 is 1.79. The largest absolute Gasteiger partial charge is 0.396 e. The molecule has 90 valence electrons. The molecule has 1 aliphatic rings. The molecule has 1 saturated heterocycles. The monoisotopic (exact) mass is 239 g/mol. The van der Waals surface area contributed by atoms with Gasteiger partial charge in [-0.15, -0.1) is 0 Å². The van der Waals surface area contributed by atoms with Crippen LogP contribution in [0.5, 0.6) is 0 Å². The van der Waals surface area contributed by atoms with Crippen molar-refractivity contribution in [3.63, 3.8) is 0 Å². The third-order valence-electron chi connectivity index (χ3n) is 3.49. The van der Waals surface area contributed by atoms with Crippen LogP contribution >= 0.6 is 11.3 Å². The minimum atomic E-state index is 0.378. The molecule has 1 aromatic rings. The van der Waals surface area contributed by atoms with Gasteiger partial charge in [-0.25, -0.2) is 0 Å². The summed E-state index contributed by atoms with van der Waals surface area (Å²) < 4.78 is 0. The fourth-order valence-corrected chi connectivity index (χ4v) is 3.04. The highest BCUT2D eigenvalue weighted by Crippen LogP contribution is 2.17. The number of thiophene rings is 1. The van der Waals surface area contributed by atoms with Gasteiger partial charge in [0.15, 0.2) is 0 Å². The zero-order valence-electron chi connectivity index (χ0n) is 9.77. The molecule has 1 fully saturated rings. The smallest absolute Gasteiger partial charge is 0.0460 e. The van der Waals surface area contributed by atoms with Crippen molar-refractivity contribution in [1.82, 2.24) is 4.90 Å². The number of hydrogen-bond donors (Lipinski definition) is 1. The van der Waals surface area contributed by atoms with Gasteiger partial charge in [0.05, 0.1) is 0 Å². The first-order chi connectivity index (χ1) is 7.88. The van der Waals surface area contributed by atoms with Crippen molar-refractivity contribution in [3.05, 3.63) is 22.4 Å². The quantitative estimate of drug-likeness (QED) is 0.853. The molecular weight excluding hydrogens is 218 g/mol. The van der Waals surface area contributed by atoms with E-state index in [4.69, 9.17) is 5.11 Å². The lowest BCUT2D eigenvalue weighted by Crippen LogP contribution is -2.35. The number of nitrogens with zero attached hydrogens (tertiary/aromatic N) is 1. The van der Waals surface area contributed by atoms with Gasteiger partial charge in [0, 0.05) is 6.61 Å². The Bertz CT molecular complexity index is 278. The molecule has 0 aliphatic carbocycles. The number of aliphatic hydroxyl groups is 1. The lowest BCUT2D eigenvalue weighted by Gasteiger charge is -2.30. The van der Waals surface area contributed by atoms with E-state index in [0.29, 0.717) is 12.5 Å². The second-order valence-corrected chi connectivity index (χ2v) is 5.48. The van der Waals surface area contributed by atoms with Crippen molar-refractivity contribution in [1.29, 1.82) is 0 Å².